The molecule has 0 atom stereocenters. The summed E-state index contributed by atoms with van der Waals surface area (Å²) in [5, 5.41) is 8.61. The molecule has 144 valence electrons. The molecule has 7 nitrogen and oxygen atoms in total. The monoisotopic (exact) mass is 373 g/mol. The molecule has 0 spiro atoms. The molecule has 1 aliphatic carbocycles. The number of hydrogen-bond donors (Lipinski definition) is 3. The Balaban J connectivity index is 1.74. The fourth-order valence-electron chi connectivity index (χ4n) is 3.86. The SMILES string of the molecule is CS(=O)(=O)C1(C(=O)NCCNC(=O)CC2CCCCC2)CCNCC1. The Bertz CT molecular complexity index is 564. The number of rotatable bonds is 7. The summed E-state index contributed by atoms with van der Waals surface area (Å²) < 4.78 is 23.0. The second kappa shape index (κ2) is 8.98. The fraction of sp³-hybridized carbons (Fsp3) is 0.882. The number of carbonyl (C=O) groups is 2. The smallest absolute Gasteiger partial charge is 0.241 e. The van der Waals surface area contributed by atoms with Gasteiger partial charge in [-0.25, -0.2) is 8.42 Å². The molecule has 25 heavy (non-hydrogen) atoms. The van der Waals surface area contributed by atoms with E-state index in [0.717, 1.165) is 19.1 Å². The van der Waals surface area contributed by atoms with Crippen molar-refractivity contribution in [1.82, 2.24) is 16.0 Å². The Morgan fingerprint density at radius 1 is 1.04 bits per heavy atom. The Morgan fingerprint density at radius 3 is 2.24 bits per heavy atom. The van der Waals surface area contributed by atoms with E-state index in [1.807, 2.05) is 0 Å². The maximum atomic E-state index is 12.5. The quantitative estimate of drug-likeness (QED) is 0.559. The molecule has 1 heterocycles. The molecule has 0 aromatic heterocycles. The maximum absolute atomic E-state index is 12.5. The van der Waals surface area contributed by atoms with Crippen LogP contribution in [0.5, 0.6) is 0 Å². The summed E-state index contributed by atoms with van der Waals surface area (Å²) in [5.41, 5.74) is 0. The van der Waals surface area contributed by atoms with Gasteiger partial charge in [0, 0.05) is 25.8 Å². The molecule has 1 saturated carbocycles. The molecule has 2 rings (SSSR count). The minimum Gasteiger partial charge on any atom is -0.354 e. The minimum absolute atomic E-state index is 0.0147. The van der Waals surface area contributed by atoms with Crippen LogP contribution in [0.1, 0.15) is 51.4 Å². The van der Waals surface area contributed by atoms with Gasteiger partial charge in [0.25, 0.3) is 0 Å². The molecule has 0 aromatic rings. The zero-order valence-electron chi connectivity index (χ0n) is 15.1. The second-order valence-electron chi connectivity index (χ2n) is 7.33. The lowest BCUT2D eigenvalue weighted by Crippen LogP contribution is -2.57. The van der Waals surface area contributed by atoms with Crippen LogP contribution in [0.15, 0.2) is 0 Å². The van der Waals surface area contributed by atoms with Gasteiger partial charge in [0.1, 0.15) is 0 Å². The Morgan fingerprint density at radius 2 is 1.64 bits per heavy atom. The van der Waals surface area contributed by atoms with E-state index in [9.17, 15) is 18.0 Å². The summed E-state index contributed by atoms with van der Waals surface area (Å²) in [6.45, 7) is 1.60. The lowest BCUT2D eigenvalue weighted by atomic mass is 9.87. The van der Waals surface area contributed by atoms with Crippen molar-refractivity contribution < 1.29 is 18.0 Å². The molecule has 2 fully saturated rings. The first-order valence-electron chi connectivity index (χ1n) is 9.30. The van der Waals surface area contributed by atoms with Gasteiger partial charge in [-0.05, 0) is 44.7 Å². The Labute approximate surface area is 150 Å². The number of piperidine rings is 1. The maximum Gasteiger partial charge on any atom is 0.241 e. The fourth-order valence-corrected chi connectivity index (χ4v) is 5.22. The molecule has 2 amide bonds. The first-order valence-corrected chi connectivity index (χ1v) is 11.2. The van der Waals surface area contributed by atoms with E-state index in [-0.39, 0.29) is 25.3 Å². The van der Waals surface area contributed by atoms with Crippen LogP contribution in [0.2, 0.25) is 0 Å². The number of carbonyl (C=O) groups excluding carboxylic acids is 2. The lowest BCUT2D eigenvalue weighted by Gasteiger charge is -2.34. The van der Waals surface area contributed by atoms with Gasteiger partial charge in [0.05, 0.1) is 0 Å². The van der Waals surface area contributed by atoms with E-state index in [4.69, 9.17) is 0 Å². The van der Waals surface area contributed by atoms with E-state index in [1.54, 1.807) is 0 Å². The zero-order valence-corrected chi connectivity index (χ0v) is 15.9. The standard InChI is InChI=1S/C17H31N3O4S/c1-25(23,24)17(7-9-18-10-8-17)16(22)20-12-11-19-15(21)13-14-5-3-2-4-6-14/h14,18H,2-13H2,1H3,(H,19,21)(H,20,22). The van der Waals surface area contributed by atoms with Gasteiger partial charge in [-0.3, -0.25) is 9.59 Å². The summed E-state index contributed by atoms with van der Waals surface area (Å²) >= 11 is 0. The van der Waals surface area contributed by atoms with E-state index in [0.29, 0.717) is 32.0 Å². The zero-order chi connectivity index (χ0) is 18.3. The molecule has 1 saturated heterocycles. The van der Waals surface area contributed by atoms with Gasteiger partial charge < -0.3 is 16.0 Å². The summed E-state index contributed by atoms with van der Waals surface area (Å²) in [7, 11) is -3.50. The topological polar surface area (TPSA) is 104 Å². The van der Waals surface area contributed by atoms with Gasteiger partial charge in [0.2, 0.25) is 11.8 Å². The second-order valence-corrected chi connectivity index (χ2v) is 9.66. The molecule has 1 aliphatic heterocycles. The van der Waals surface area contributed by atoms with Crippen molar-refractivity contribution in [3.8, 4) is 0 Å². The van der Waals surface area contributed by atoms with Gasteiger partial charge in [-0.1, -0.05) is 19.3 Å². The average Bonchev–Trinajstić information content (AvgIpc) is 2.59. The summed E-state index contributed by atoms with van der Waals surface area (Å²) in [4.78, 5) is 24.4. The molecular weight excluding hydrogens is 342 g/mol. The molecule has 8 heteroatoms. The first-order chi connectivity index (χ1) is 11.8. The average molecular weight is 374 g/mol. The molecule has 3 N–H and O–H groups in total. The molecule has 0 aromatic carbocycles. The van der Waals surface area contributed by atoms with Crippen molar-refractivity contribution in [2.45, 2.75) is 56.1 Å². The van der Waals surface area contributed by atoms with E-state index >= 15 is 0 Å². The third kappa shape index (κ3) is 5.41. The van der Waals surface area contributed by atoms with Crippen molar-refractivity contribution in [2.24, 2.45) is 5.92 Å². The Hall–Kier alpha value is -1.15. The highest BCUT2D eigenvalue weighted by Gasteiger charge is 2.48. The third-order valence-electron chi connectivity index (χ3n) is 5.47. The largest absolute Gasteiger partial charge is 0.354 e. The van der Waals surface area contributed by atoms with Crippen LogP contribution >= 0.6 is 0 Å². The van der Waals surface area contributed by atoms with E-state index in [1.165, 1.54) is 19.3 Å². The molecule has 0 unspecified atom stereocenters. The third-order valence-corrected chi connectivity index (χ3v) is 7.48. The normalized spacial score (nSPS) is 21.5. The number of amides is 2. The number of hydrogen-bond acceptors (Lipinski definition) is 5. The van der Waals surface area contributed by atoms with Gasteiger partial charge >= 0.3 is 0 Å². The van der Waals surface area contributed by atoms with Crippen LogP contribution in [0.4, 0.5) is 0 Å². The predicted octanol–water partition coefficient (Wildman–Crippen LogP) is 0.356. The van der Waals surface area contributed by atoms with Gasteiger partial charge in [0.15, 0.2) is 14.6 Å². The van der Waals surface area contributed by atoms with Crippen molar-refractivity contribution in [3.05, 3.63) is 0 Å². The van der Waals surface area contributed by atoms with Crippen LogP contribution in [0.3, 0.4) is 0 Å². The summed E-state index contributed by atoms with van der Waals surface area (Å²) in [6, 6.07) is 0. The Kier molecular flexibility index (Phi) is 7.25. The van der Waals surface area contributed by atoms with Crippen LogP contribution in [-0.4, -0.2) is 57.4 Å². The van der Waals surface area contributed by atoms with Crippen molar-refractivity contribution >= 4 is 21.7 Å². The van der Waals surface area contributed by atoms with Crippen molar-refractivity contribution in [2.75, 3.05) is 32.4 Å². The van der Waals surface area contributed by atoms with E-state index < -0.39 is 20.5 Å². The van der Waals surface area contributed by atoms with Gasteiger partial charge in [-0.15, -0.1) is 0 Å². The van der Waals surface area contributed by atoms with Crippen LogP contribution in [-0.2, 0) is 19.4 Å². The molecule has 0 bridgehead atoms. The van der Waals surface area contributed by atoms with Crippen molar-refractivity contribution in [1.29, 1.82) is 0 Å². The van der Waals surface area contributed by atoms with Crippen LogP contribution in [0, 0.1) is 5.92 Å². The van der Waals surface area contributed by atoms with Crippen LogP contribution < -0.4 is 16.0 Å². The lowest BCUT2D eigenvalue weighted by molar-refractivity contribution is -0.125. The van der Waals surface area contributed by atoms with Crippen LogP contribution in [0.25, 0.3) is 0 Å². The molecule has 2 aliphatic rings. The predicted molar refractivity (Wildman–Crippen MR) is 96.9 cm³/mol. The summed E-state index contributed by atoms with van der Waals surface area (Å²) in [6.07, 6.45) is 8.16. The molecular formula is C17H31N3O4S. The summed E-state index contributed by atoms with van der Waals surface area (Å²) in [5.74, 6) is 0.0467. The number of nitrogens with one attached hydrogen (secondary N) is 3. The highest BCUT2D eigenvalue weighted by molar-refractivity contribution is 7.92. The van der Waals surface area contributed by atoms with E-state index in [2.05, 4.69) is 16.0 Å². The molecule has 0 radical (unpaired) electrons. The van der Waals surface area contributed by atoms with Gasteiger partial charge in [-0.2, -0.15) is 0 Å². The van der Waals surface area contributed by atoms with Crippen molar-refractivity contribution in [3.63, 3.8) is 0 Å². The minimum atomic E-state index is -3.50. The highest BCUT2D eigenvalue weighted by atomic mass is 32.2. The highest BCUT2D eigenvalue weighted by Crippen LogP contribution is 2.28. The first kappa shape index (κ1) is 20.2. The number of sulfone groups is 1.